The van der Waals surface area contributed by atoms with E-state index < -0.39 is 36.4 Å². The lowest BCUT2D eigenvalue weighted by atomic mass is 9.74. The van der Waals surface area contributed by atoms with Crippen LogP contribution in [0.25, 0.3) is 5.82 Å². The van der Waals surface area contributed by atoms with Gasteiger partial charge in [0.1, 0.15) is 12.1 Å². The molecule has 0 bridgehead atoms. The van der Waals surface area contributed by atoms with Crippen molar-refractivity contribution in [1.82, 2.24) is 14.5 Å². The Labute approximate surface area is 252 Å². The fourth-order valence-electron chi connectivity index (χ4n) is 5.39. The first kappa shape index (κ1) is 32.1. The average molecular weight is 611 g/mol. The van der Waals surface area contributed by atoms with Crippen molar-refractivity contribution in [3.05, 3.63) is 65.9 Å². The predicted octanol–water partition coefficient (Wildman–Crippen LogP) is 2.27. The zero-order valence-corrected chi connectivity index (χ0v) is 24.2. The van der Waals surface area contributed by atoms with Gasteiger partial charge in [-0.25, -0.2) is 14.8 Å². The molecule has 3 atom stereocenters. The number of aromatic nitrogens is 3. The molecule has 1 aromatic carbocycles. The number of pyridine rings is 1. The number of aliphatic imine (C=N–C) groups is 1. The molecule has 0 unspecified atom stereocenters. The quantitative estimate of drug-likeness (QED) is 0.224. The molecule has 1 aliphatic carbocycles. The van der Waals surface area contributed by atoms with Crippen LogP contribution in [-0.2, 0) is 14.4 Å². The van der Waals surface area contributed by atoms with Crippen molar-refractivity contribution in [2.45, 2.75) is 62.7 Å². The lowest BCUT2D eigenvalue weighted by Crippen LogP contribution is -2.42. The topological polar surface area (TPSA) is 214 Å². The second kappa shape index (κ2) is 13.7. The molecule has 5 rings (SSSR count). The van der Waals surface area contributed by atoms with E-state index in [1.807, 2.05) is 42.1 Å². The van der Waals surface area contributed by atoms with Crippen LogP contribution < -0.4 is 9.47 Å². The van der Waals surface area contributed by atoms with Gasteiger partial charge in [0.2, 0.25) is 0 Å². The number of carboxylic acids is 3. The average Bonchev–Trinajstić information content (AvgIpc) is 3.51. The Morgan fingerprint density at radius 1 is 1.07 bits per heavy atom. The van der Waals surface area contributed by atoms with Gasteiger partial charge in [0, 0.05) is 35.6 Å². The molecule has 5 N–H and O–H groups in total. The number of carbonyl (C=O) groups is 3. The maximum absolute atomic E-state index is 10.3. The summed E-state index contributed by atoms with van der Waals surface area (Å²) < 4.78 is 13.3. The first-order valence-electron chi connectivity index (χ1n) is 13.9. The summed E-state index contributed by atoms with van der Waals surface area (Å²) in [5, 5.41) is 44.1. The van der Waals surface area contributed by atoms with Crippen LogP contribution in [0.5, 0.6) is 11.5 Å². The van der Waals surface area contributed by atoms with E-state index in [0.29, 0.717) is 18.8 Å². The fraction of sp³-hybridized carbons (Fsp3) is 0.400. The summed E-state index contributed by atoms with van der Waals surface area (Å²) in [4.78, 5) is 44.3. The van der Waals surface area contributed by atoms with E-state index in [-0.39, 0.29) is 18.1 Å². The van der Waals surface area contributed by atoms with Gasteiger partial charge in [-0.15, -0.1) is 0 Å². The third-order valence-electron chi connectivity index (χ3n) is 7.45. The largest absolute Gasteiger partial charge is 0.493 e. The summed E-state index contributed by atoms with van der Waals surface area (Å²) in [6.07, 6.45) is 6.97. The number of fused-ring (bicyclic) bond motifs is 3. The van der Waals surface area contributed by atoms with Gasteiger partial charge in [-0.1, -0.05) is 0 Å². The van der Waals surface area contributed by atoms with Crippen molar-refractivity contribution in [3.8, 4) is 17.3 Å². The number of carboxylic acid groups (broad SMARTS) is 3. The molecule has 2 aromatic heterocycles. The number of hydrogen-bond donors (Lipinski definition) is 5. The fourth-order valence-corrected chi connectivity index (χ4v) is 5.39. The van der Waals surface area contributed by atoms with Crippen molar-refractivity contribution < 1.29 is 49.4 Å². The monoisotopic (exact) mass is 610 g/mol. The van der Waals surface area contributed by atoms with Gasteiger partial charge >= 0.3 is 17.9 Å². The highest BCUT2D eigenvalue weighted by Crippen LogP contribution is 2.45. The highest BCUT2D eigenvalue weighted by molar-refractivity contribution is 6.15. The number of aliphatic hydroxyl groups excluding tert-OH is 1. The van der Waals surface area contributed by atoms with Gasteiger partial charge in [0.15, 0.2) is 17.1 Å². The van der Waals surface area contributed by atoms with E-state index in [2.05, 4.69) is 16.0 Å². The number of aliphatic carboxylic acids is 3. The summed E-state index contributed by atoms with van der Waals surface area (Å²) in [6, 6.07) is 8.25. The zero-order valence-electron chi connectivity index (χ0n) is 24.2. The highest BCUT2D eigenvalue weighted by Gasteiger charge is 2.41. The van der Waals surface area contributed by atoms with E-state index in [1.165, 1.54) is 0 Å². The van der Waals surface area contributed by atoms with Crippen molar-refractivity contribution in [3.63, 3.8) is 0 Å². The first-order valence-corrected chi connectivity index (χ1v) is 13.9. The Bertz CT molecular complexity index is 1510. The summed E-state index contributed by atoms with van der Waals surface area (Å²) in [5.41, 5.74) is 1.32. The Morgan fingerprint density at radius 3 is 2.34 bits per heavy atom. The van der Waals surface area contributed by atoms with Crippen molar-refractivity contribution in [2.75, 3.05) is 13.7 Å². The van der Waals surface area contributed by atoms with Gasteiger partial charge in [0.25, 0.3) is 0 Å². The van der Waals surface area contributed by atoms with Gasteiger partial charge in [-0.2, -0.15) is 0 Å². The molecule has 0 radical (unpaired) electrons. The number of rotatable bonds is 10. The number of nitrogens with zero attached hydrogens (tertiary/aromatic N) is 4. The van der Waals surface area contributed by atoms with Crippen LogP contribution in [0.4, 0.5) is 0 Å². The third-order valence-corrected chi connectivity index (χ3v) is 7.45. The van der Waals surface area contributed by atoms with E-state index in [0.717, 1.165) is 46.8 Å². The second-order valence-electron chi connectivity index (χ2n) is 10.5. The molecule has 2 aliphatic rings. The predicted molar refractivity (Wildman–Crippen MR) is 155 cm³/mol. The van der Waals surface area contributed by atoms with Crippen LogP contribution >= 0.6 is 0 Å². The Balaban J connectivity index is 0.000000289. The molecule has 1 fully saturated rings. The Hall–Kier alpha value is -4.82. The molecule has 0 saturated heterocycles. The van der Waals surface area contributed by atoms with Crippen molar-refractivity contribution in [2.24, 2.45) is 4.99 Å². The minimum Gasteiger partial charge on any atom is -0.493 e. The third kappa shape index (κ3) is 7.21. The van der Waals surface area contributed by atoms with E-state index in [4.69, 9.17) is 34.9 Å². The van der Waals surface area contributed by atoms with E-state index in [9.17, 15) is 19.5 Å². The summed E-state index contributed by atoms with van der Waals surface area (Å²) in [7, 11) is 1.65. The zero-order chi connectivity index (χ0) is 32.0. The number of aliphatic hydroxyl groups is 2. The van der Waals surface area contributed by atoms with Crippen molar-refractivity contribution in [1.29, 1.82) is 0 Å². The Morgan fingerprint density at radius 2 is 1.80 bits per heavy atom. The number of benzene rings is 1. The minimum absolute atomic E-state index is 0.141. The van der Waals surface area contributed by atoms with E-state index in [1.54, 1.807) is 19.6 Å². The lowest BCUT2D eigenvalue weighted by Gasteiger charge is -2.37. The van der Waals surface area contributed by atoms with Crippen LogP contribution in [0, 0.1) is 0 Å². The molecule has 0 spiro atoms. The van der Waals surface area contributed by atoms with Gasteiger partial charge < -0.3 is 35.0 Å². The first-order chi connectivity index (χ1) is 20.9. The number of hydrogen-bond acceptors (Lipinski definition) is 10. The maximum atomic E-state index is 10.3. The van der Waals surface area contributed by atoms with Crippen molar-refractivity contribution >= 4 is 23.6 Å². The van der Waals surface area contributed by atoms with Crippen LogP contribution in [-0.4, -0.2) is 95.2 Å². The smallest absolute Gasteiger partial charge is 0.336 e. The van der Waals surface area contributed by atoms with Gasteiger partial charge in [0.05, 0.1) is 44.4 Å². The van der Waals surface area contributed by atoms with Gasteiger partial charge in [-0.05, 0) is 56.0 Å². The van der Waals surface area contributed by atoms with Crippen LogP contribution in [0.15, 0.2) is 54.2 Å². The summed E-state index contributed by atoms with van der Waals surface area (Å²) in [5.74, 6) is -2.62. The SMILES string of the molecule is CCOc1cc2c(cc1OC)C(c1ccc(-n3ccnc3)nc1)=N[C@@H]1CC[C@@H](O)C[C@H]21.O=C(O)CC(O)(CC(=O)O)C(=O)O. The normalized spacial score (nSPS) is 18.9. The lowest BCUT2D eigenvalue weighted by molar-refractivity contribution is -0.170. The molecule has 234 valence electrons. The molecular weight excluding hydrogens is 576 g/mol. The number of imidazole rings is 1. The molecule has 3 aromatic rings. The number of methoxy groups -OCH3 is 1. The number of ether oxygens (including phenoxy) is 2. The van der Waals surface area contributed by atoms with Crippen LogP contribution in [0.3, 0.4) is 0 Å². The molecule has 44 heavy (non-hydrogen) atoms. The van der Waals surface area contributed by atoms with Crippen LogP contribution in [0.1, 0.15) is 61.6 Å². The van der Waals surface area contributed by atoms with Gasteiger partial charge in [-0.3, -0.25) is 19.1 Å². The van der Waals surface area contributed by atoms with Crippen LogP contribution in [0.2, 0.25) is 0 Å². The summed E-state index contributed by atoms with van der Waals surface area (Å²) in [6.45, 7) is 2.53. The second-order valence-corrected chi connectivity index (χ2v) is 10.5. The molecule has 0 amide bonds. The van der Waals surface area contributed by atoms with E-state index >= 15 is 0 Å². The Kier molecular flexibility index (Phi) is 9.96. The molecule has 1 aliphatic heterocycles. The maximum Gasteiger partial charge on any atom is 0.336 e. The molecule has 14 nitrogen and oxygen atoms in total. The molecular formula is C30H34N4O10. The molecule has 14 heteroatoms. The molecule has 3 heterocycles. The standard InChI is InChI=1S/C24H26N4O3.C6H8O7/c1-3-31-22-11-17-18-10-16(29)5-6-20(18)27-24(19(17)12-21(22)30-2)15-4-7-23(26-13-15)28-9-8-25-14-28;7-3(8)1-6(13,5(11)12)2-4(9)10/h4,7-9,11-14,16,18,20,29H,3,5-6,10H2,1-2H3;13H,1-2H2,(H,7,8)(H,9,10)(H,11,12)/t16-,18-,20-;/m1./s1. The summed E-state index contributed by atoms with van der Waals surface area (Å²) >= 11 is 0. The minimum atomic E-state index is -2.74. The molecule has 1 saturated carbocycles. The highest BCUT2D eigenvalue weighted by atomic mass is 16.5.